The van der Waals surface area contributed by atoms with Crippen molar-refractivity contribution < 1.29 is 19.3 Å². The molecule has 0 spiro atoms. The standard InChI is InChI=1S/C31H33NO4/c1-21(33)31(32)27(24-16-17-29(34-2)30(20-24)35-3)19-22-10-9-13-25(18-22)36-28-15-8-7-14-26(28)23-11-5-4-6-12-23/h4-18,20-21,27,31,33H,19,32H2,1-3H3/t21-,27?,31?/m0/s1. The van der Waals surface area contributed by atoms with Gasteiger partial charge in [0, 0.05) is 17.5 Å². The van der Waals surface area contributed by atoms with Gasteiger partial charge >= 0.3 is 0 Å². The van der Waals surface area contributed by atoms with E-state index in [9.17, 15) is 5.11 Å². The molecule has 0 fully saturated rings. The maximum absolute atomic E-state index is 10.3. The molecule has 4 rings (SSSR count). The highest BCUT2D eigenvalue weighted by Gasteiger charge is 2.25. The fourth-order valence-corrected chi connectivity index (χ4v) is 4.42. The minimum Gasteiger partial charge on any atom is -0.493 e. The molecule has 5 heteroatoms. The highest BCUT2D eigenvalue weighted by Crippen LogP contribution is 2.36. The average Bonchev–Trinajstić information content (AvgIpc) is 2.92. The molecule has 0 radical (unpaired) electrons. The molecule has 3 N–H and O–H groups in total. The molecular formula is C31H33NO4. The molecule has 2 unspecified atom stereocenters. The number of nitrogens with two attached hydrogens (primary N) is 1. The van der Waals surface area contributed by atoms with E-state index in [0.717, 1.165) is 33.8 Å². The van der Waals surface area contributed by atoms with Crippen molar-refractivity contribution in [3.8, 4) is 34.1 Å². The third-order valence-corrected chi connectivity index (χ3v) is 6.41. The summed E-state index contributed by atoms with van der Waals surface area (Å²) < 4.78 is 17.2. The van der Waals surface area contributed by atoms with Gasteiger partial charge in [-0.2, -0.15) is 0 Å². The van der Waals surface area contributed by atoms with Crippen molar-refractivity contribution in [2.45, 2.75) is 31.4 Å². The molecule has 36 heavy (non-hydrogen) atoms. The van der Waals surface area contributed by atoms with E-state index in [1.165, 1.54) is 0 Å². The van der Waals surface area contributed by atoms with E-state index in [1.807, 2.05) is 72.8 Å². The second kappa shape index (κ2) is 11.8. The smallest absolute Gasteiger partial charge is 0.160 e. The van der Waals surface area contributed by atoms with Crippen LogP contribution in [0, 0.1) is 0 Å². The zero-order valence-electron chi connectivity index (χ0n) is 20.9. The first-order valence-corrected chi connectivity index (χ1v) is 12.1. The van der Waals surface area contributed by atoms with Crippen LogP contribution in [0.3, 0.4) is 0 Å². The van der Waals surface area contributed by atoms with E-state index < -0.39 is 12.1 Å². The Bertz CT molecular complexity index is 1270. The normalized spacial score (nSPS) is 13.5. The van der Waals surface area contributed by atoms with E-state index in [1.54, 1.807) is 21.1 Å². The summed E-state index contributed by atoms with van der Waals surface area (Å²) in [5, 5.41) is 10.3. The van der Waals surface area contributed by atoms with Crippen molar-refractivity contribution in [1.29, 1.82) is 0 Å². The van der Waals surface area contributed by atoms with Gasteiger partial charge in [-0.25, -0.2) is 0 Å². The Labute approximate surface area is 213 Å². The second-order valence-corrected chi connectivity index (χ2v) is 8.85. The molecule has 5 nitrogen and oxygen atoms in total. The summed E-state index contributed by atoms with van der Waals surface area (Å²) in [7, 11) is 3.22. The summed E-state index contributed by atoms with van der Waals surface area (Å²) in [5.41, 5.74) is 10.7. The second-order valence-electron chi connectivity index (χ2n) is 8.85. The van der Waals surface area contributed by atoms with Crippen molar-refractivity contribution >= 4 is 0 Å². The van der Waals surface area contributed by atoms with E-state index in [4.69, 9.17) is 19.9 Å². The van der Waals surface area contributed by atoms with Crippen LogP contribution in [-0.4, -0.2) is 31.5 Å². The number of aliphatic hydroxyl groups is 1. The number of ether oxygens (including phenoxy) is 3. The average molecular weight is 484 g/mol. The molecule has 0 saturated carbocycles. The topological polar surface area (TPSA) is 73.9 Å². The van der Waals surface area contributed by atoms with Gasteiger partial charge in [0.25, 0.3) is 0 Å². The molecule has 0 aliphatic carbocycles. The SMILES string of the molecule is COc1ccc(C(Cc2cccc(Oc3ccccc3-c3ccccc3)c2)C(N)[C@H](C)O)cc1OC. The van der Waals surface area contributed by atoms with E-state index in [0.29, 0.717) is 17.9 Å². The van der Waals surface area contributed by atoms with Gasteiger partial charge in [-0.05, 0) is 60.4 Å². The van der Waals surface area contributed by atoms with Crippen LogP contribution in [0.5, 0.6) is 23.0 Å². The predicted molar refractivity (Wildman–Crippen MR) is 144 cm³/mol. The van der Waals surface area contributed by atoms with Crippen LogP contribution in [-0.2, 0) is 6.42 Å². The minimum atomic E-state index is -0.680. The number of rotatable bonds is 10. The molecule has 3 atom stereocenters. The maximum atomic E-state index is 10.3. The molecule has 4 aromatic carbocycles. The fraction of sp³-hybridized carbons (Fsp3) is 0.226. The van der Waals surface area contributed by atoms with Gasteiger partial charge in [0.15, 0.2) is 11.5 Å². The highest BCUT2D eigenvalue weighted by atomic mass is 16.5. The van der Waals surface area contributed by atoms with Crippen molar-refractivity contribution in [2.75, 3.05) is 14.2 Å². The molecule has 0 heterocycles. The molecule has 4 aromatic rings. The molecule has 0 aliphatic rings. The summed E-state index contributed by atoms with van der Waals surface area (Å²) in [6.45, 7) is 1.72. The summed E-state index contributed by atoms with van der Waals surface area (Å²) >= 11 is 0. The van der Waals surface area contributed by atoms with Gasteiger partial charge in [-0.15, -0.1) is 0 Å². The van der Waals surface area contributed by atoms with Crippen molar-refractivity contribution in [2.24, 2.45) is 5.73 Å². The number of aliphatic hydroxyl groups excluding tert-OH is 1. The summed E-state index contributed by atoms with van der Waals surface area (Å²) in [4.78, 5) is 0. The predicted octanol–water partition coefficient (Wildman–Crippen LogP) is 6.20. The van der Waals surface area contributed by atoms with Crippen LogP contribution in [0.25, 0.3) is 11.1 Å². The maximum Gasteiger partial charge on any atom is 0.160 e. The molecule has 0 bridgehead atoms. The first-order chi connectivity index (χ1) is 17.5. The van der Waals surface area contributed by atoms with Crippen LogP contribution >= 0.6 is 0 Å². The quantitative estimate of drug-likeness (QED) is 0.281. The first-order valence-electron chi connectivity index (χ1n) is 12.1. The van der Waals surface area contributed by atoms with Gasteiger partial charge in [-0.1, -0.05) is 66.7 Å². The van der Waals surface area contributed by atoms with Crippen LogP contribution in [0.2, 0.25) is 0 Å². The number of benzene rings is 4. The van der Waals surface area contributed by atoms with E-state index in [2.05, 4.69) is 24.3 Å². The Hall–Kier alpha value is -3.80. The zero-order valence-corrected chi connectivity index (χ0v) is 20.9. The van der Waals surface area contributed by atoms with E-state index >= 15 is 0 Å². The fourth-order valence-electron chi connectivity index (χ4n) is 4.42. The number of para-hydroxylation sites is 1. The van der Waals surface area contributed by atoms with Crippen molar-refractivity contribution in [3.05, 3.63) is 108 Å². The van der Waals surface area contributed by atoms with Crippen molar-refractivity contribution in [1.82, 2.24) is 0 Å². The molecule has 0 amide bonds. The Balaban J connectivity index is 1.62. The lowest BCUT2D eigenvalue weighted by Gasteiger charge is -2.27. The van der Waals surface area contributed by atoms with E-state index in [-0.39, 0.29) is 5.92 Å². The minimum absolute atomic E-state index is 0.142. The van der Waals surface area contributed by atoms with Crippen LogP contribution in [0.1, 0.15) is 24.0 Å². The van der Waals surface area contributed by atoms with Gasteiger partial charge in [-0.3, -0.25) is 0 Å². The molecule has 0 saturated heterocycles. The zero-order chi connectivity index (χ0) is 25.5. The Morgan fingerprint density at radius 2 is 1.47 bits per heavy atom. The molecule has 186 valence electrons. The lowest BCUT2D eigenvalue weighted by Crippen LogP contribution is -2.39. The number of methoxy groups -OCH3 is 2. The largest absolute Gasteiger partial charge is 0.493 e. The van der Waals surface area contributed by atoms with Gasteiger partial charge in [0.05, 0.1) is 20.3 Å². The van der Waals surface area contributed by atoms with Gasteiger partial charge < -0.3 is 25.1 Å². The summed E-state index contributed by atoms with van der Waals surface area (Å²) in [5.74, 6) is 2.67. The van der Waals surface area contributed by atoms with Crippen molar-refractivity contribution in [3.63, 3.8) is 0 Å². The summed E-state index contributed by atoms with van der Waals surface area (Å²) in [6.07, 6.45) is -0.0562. The Kier molecular flexibility index (Phi) is 8.26. The van der Waals surface area contributed by atoms with Gasteiger partial charge in [0.2, 0.25) is 0 Å². The number of hydrogen-bond acceptors (Lipinski definition) is 5. The lowest BCUT2D eigenvalue weighted by molar-refractivity contribution is 0.150. The highest BCUT2D eigenvalue weighted by molar-refractivity contribution is 5.70. The van der Waals surface area contributed by atoms with Crippen LogP contribution < -0.4 is 19.9 Å². The third kappa shape index (κ3) is 5.88. The Morgan fingerprint density at radius 3 is 2.19 bits per heavy atom. The Morgan fingerprint density at radius 1 is 0.750 bits per heavy atom. The van der Waals surface area contributed by atoms with Gasteiger partial charge in [0.1, 0.15) is 11.5 Å². The van der Waals surface area contributed by atoms with Crippen LogP contribution in [0.4, 0.5) is 0 Å². The molecule has 0 aromatic heterocycles. The summed E-state index contributed by atoms with van der Waals surface area (Å²) in [6, 6.07) is 31.5. The third-order valence-electron chi connectivity index (χ3n) is 6.41. The molecular weight excluding hydrogens is 450 g/mol. The lowest BCUT2D eigenvalue weighted by atomic mass is 9.84. The van der Waals surface area contributed by atoms with Crippen LogP contribution in [0.15, 0.2) is 97.1 Å². The first kappa shape index (κ1) is 25.3. The number of hydrogen-bond donors (Lipinski definition) is 2. The molecule has 0 aliphatic heterocycles. The monoisotopic (exact) mass is 483 g/mol.